The molecule has 0 aliphatic rings. The lowest BCUT2D eigenvalue weighted by atomic mass is 9.99. The van der Waals surface area contributed by atoms with Crippen molar-refractivity contribution in [2.75, 3.05) is 0 Å². The summed E-state index contributed by atoms with van der Waals surface area (Å²) < 4.78 is 0. The van der Waals surface area contributed by atoms with Crippen LogP contribution in [-0.4, -0.2) is 0 Å². The Morgan fingerprint density at radius 1 is 1.31 bits per heavy atom. The van der Waals surface area contributed by atoms with Crippen LogP contribution < -0.4 is 0 Å². The van der Waals surface area contributed by atoms with Gasteiger partial charge in [-0.25, -0.2) is 0 Å². The third-order valence-corrected chi connectivity index (χ3v) is 1.98. The van der Waals surface area contributed by atoms with Crippen LogP contribution in [0, 0.1) is 0 Å². The Labute approximate surface area is 82.3 Å². The number of hydrogen-bond donors (Lipinski definition) is 0. The molecule has 0 radical (unpaired) electrons. The molecule has 13 heavy (non-hydrogen) atoms. The molecule has 0 aliphatic carbocycles. The molecular formula is C13H20. The second kappa shape index (κ2) is 7.60. The van der Waals surface area contributed by atoms with Gasteiger partial charge in [0.05, 0.1) is 0 Å². The van der Waals surface area contributed by atoms with E-state index in [9.17, 15) is 0 Å². The number of allylic oxidation sites excluding steroid dienone is 1. The Morgan fingerprint density at radius 2 is 1.77 bits per heavy atom. The van der Waals surface area contributed by atoms with Gasteiger partial charge >= 0.3 is 0 Å². The molecule has 0 spiro atoms. The van der Waals surface area contributed by atoms with Gasteiger partial charge in [0.15, 0.2) is 0 Å². The van der Waals surface area contributed by atoms with Crippen molar-refractivity contribution in [2.24, 2.45) is 0 Å². The summed E-state index contributed by atoms with van der Waals surface area (Å²) in [6, 6.07) is 10.6. The molecule has 0 N–H and O–H groups in total. The van der Waals surface area contributed by atoms with Crippen LogP contribution in [0.3, 0.4) is 0 Å². The molecule has 0 aliphatic heterocycles. The van der Waals surface area contributed by atoms with Crippen LogP contribution in [0.5, 0.6) is 0 Å². The first-order valence-electron chi connectivity index (χ1n) is 4.88. The van der Waals surface area contributed by atoms with E-state index in [1.165, 1.54) is 12.0 Å². The molecule has 1 atom stereocenters. The number of rotatable bonds is 2. The molecule has 0 amide bonds. The van der Waals surface area contributed by atoms with Crippen LogP contribution in [0.2, 0.25) is 0 Å². The smallest absolute Gasteiger partial charge is 0.0193 e. The predicted molar refractivity (Wildman–Crippen MR) is 61.0 cm³/mol. The standard InChI is InChI=1S/C10H14.C3H6/c1-3-9(2)10-7-5-4-6-8-10;1-3-2/h4-9H,3H2,1-2H3;3H,1H2,2H3. The second-order valence-electron chi connectivity index (χ2n) is 3.13. The van der Waals surface area contributed by atoms with Crippen LogP contribution in [-0.2, 0) is 0 Å². The maximum absolute atomic E-state index is 3.36. The largest absolute Gasteiger partial charge is 0.103 e. The lowest BCUT2D eigenvalue weighted by Gasteiger charge is -2.06. The summed E-state index contributed by atoms with van der Waals surface area (Å²) in [6.45, 7) is 9.73. The van der Waals surface area contributed by atoms with E-state index in [2.05, 4.69) is 50.8 Å². The van der Waals surface area contributed by atoms with Crippen molar-refractivity contribution >= 4 is 0 Å². The van der Waals surface area contributed by atoms with Crippen molar-refractivity contribution in [2.45, 2.75) is 33.1 Å². The van der Waals surface area contributed by atoms with Gasteiger partial charge in [-0.1, -0.05) is 50.3 Å². The highest BCUT2D eigenvalue weighted by Crippen LogP contribution is 2.16. The molecule has 0 fully saturated rings. The molecule has 0 saturated carbocycles. The highest BCUT2D eigenvalue weighted by molar-refractivity contribution is 5.18. The topological polar surface area (TPSA) is 0 Å². The minimum absolute atomic E-state index is 0.709. The molecule has 0 nitrogen and oxygen atoms in total. The maximum Gasteiger partial charge on any atom is -0.0193 e. The Morgan fingerprint density at radius 3 is 2.15 bits per heavy atom. The van der Waals surface area contributed by atoms with E-state index in [0.717, 1.165) is 0 Å². The third-order valence-electron chi connectivity index (χ3n) is 1.98. The van der Waals surface area contributed by atoms with Crippen LogP contribution in [0.25, 0.3) is 0 Å². The maximum atomic E-state index is 3.36. The number of hydrogen-bond acceptors (Lipinski definition) is 0. The first-order chi connectivity index (χ1) is 6.26. The van der Waals surface area contributed by atoms with Crippen LogP contribution in [0.15, 0.2) is 43.0 Å². The van der Waals surface area contributed by atoms with Crippen LogP contribution in [0.4, 0.5) is 0 Å². The summed E-state index contributed by atoms with van der Waals surface area (Å²) in [6.07, 6.45) is 2.98. The molecule has 1 aromatic carbocycles. The molecule has 0 heterocycles. The van der Waals surface area contributed by atoms with Gasteiger partial charge in [-0.15, -0.1) is 6.58 Å². The highest BCUT2D eigenvalue weighted by atomic mass is 14.0. The van der Waals surface area contributed by atoms with Crippen molar-refractivity contribution in [1.29, 1.82) is 0 Å². The van der Waals surface area contributed by atoms with E-state index >= 15 is 0 Å². The van der Waals surface area contributed by atoms with Gasteiger partial charge in [0, 0.05) is 0 Å². The van der Waals surface area contributed by atoms with E-state index in [-0.39, 0.29) is 0 Å². The van der Waals surface area contributed by atoms with Crippen molar-refractivity contribution in [3.8, 4) is 0 Å². The molecule has 0 aromatic heterocycles. The van der Waals surface area contributed by atoms with E-state index in [1.54, 1.807) is 6.08 Å². The molecule has 1 aromatic rings. The fourth-order valence-corrected chi connectivity index (χ4v) is 1.02. The fourth-order valence-electron chi connectivity index (χ4n) is 1.02. The van der Waals surface area contributed by atoms with Gasteiger partial charge in [-0.3, -0.25) is 0 Å². The third kappa shape index (κ3) is 5.24. The monoisotopic (exact) mass is 176 g/mol. The Balaban J connectivity index is 0.000000424. The quantitative estimate of drug-likeness (QED) is 0.586. The zero-order valence-electron chi connectivity index (χ0n) is 8.96. The summed E-state index contributed by atoms with van der Waals surface area (Å²) in [7, 11) is 0. The molecular weight excluding hydrogens is 156 g/mol. The average molecular weight is 176 g/mol. The predicted octanol–water partition coefficient (Wildman–Crippen LogP) is 4.39. The molecule has 0 heteroatoms. The van der Waals surface area contributed by atoms with Crippen molar-refractivity contribution in [1.82, 2.24) is 0 Å². The normalized spacial score (nSPS) is 11.0. The van der Waals surface area contributed by atoms with E-state index in [4.69, 9.17) is 0 Å². The SMILES string of the molecule is C=CC.CCC(C)c1ccccc1. The van der Waals surface area contributed by atoms with Crippen LogP contribution >= 0.6 is 0 Å². The van der Waals surface area contributed by atoms with Gasteiger partial charge in [-0.2, -0.15) is 0 Å². The van der Waals surface area contributed by atoms with E-state index in [1.807, 2.05) is 6.92 Å². The lowest BCUT2D eigenvalue weighted by Crippen LogP contribution is -1.88. The zero-order chi connectivity index (χ0) is 10.1. The lowest BCUT2D eigenvalue weighted by molar-refractivity contribution is 0.733. The summed E-state index contributed by atoms with van der Waals surface area (Å²) in [4.78, 5) is 0. The average Bonchev–Trinajstić information content (AvgIpc) is 2.19. The van der Waals surface area contributed by atoms with E-state index < -0.39 is 0 Å². The molecule has 72 valence electrons. The molecule has 0 saturated heterocycles. The van der Waals surface area contributed by atoms with E-state index in [0.29, 0.717) is 5.92 Å². The Bertz CT molecular complexity index is 211. The first-order valence-corrected chi connectivity index (χ1v) is 4.88. The molecule has 1 rings (SSSR count). The van der Waals surface area contributed by atoms with Crippen LogP contribution in [0.1, 0.15) is 38.7 Å². The summed E-state index contributed by atoms with van der Waals surface area (Å²) in [5.74, 6) is 0.709. The van der Waals surface area contributed by atoms with Gasteiger partial charge in [0.1, 0.15) is 0 Å². The molecule has 0 bridgehead atoms. The summed E-state index contributed by atoms with van der Waals surface area (Å²) >= 11 is 0. The van der Waals surface area contributed by atoms with Gasteiger partial charge < -0.3 is 0 Å². The molecule has 1 unspecified atom stereocenters. The minimum atomic E-state index is 0.709. The van der Waals surface area contributed by atoms with Crippen molar-refractivity contribution < 1.29 is 0 Å². The fraction of sp³-hybridized carbons (Fsp3) is 0.385. The van der Waals surface area contributed by atoms with Crippen molar-refractivity contribution in [3.05, 3.63) is 48.6 Å². The highest BCUT2D eigenvalue weighted by Gasteiger charge is 1.98. The number of benzene rings is 1. The van der Waals surface area contributed by atoms with Gasteiger partial charge in [0.25, 0.3) is 0 Å². The first kappa shape index (κ1) is 12.0. The summed E-state index contributed by atoms with van der Waals surface area (Å²) in [5, 5.41) is 0. The zero-order valence-corrected chi connectivity index (χ0v) is 8.96. The van der Waals surface area contributed by atoms with Gasteiger partial charge in [0.2, 0.25) is 0 Å². The second-order valence-corrected chi connectivity index (χ2v) is 3.13. The Hall–Kier alpha value is -1.04. The Kier molecular flexibility index (Phi) is 6.99. The van der Waals surface area contributed by atoms with Gasteiger partial charge in [-0.05, 0) is 24.8 Å². The summed E-state index contributed by atoms with van der Waals surface area (Å²) in [5.41, 5.74) is 1.45. The minimum Gasteiger partial charge on any atom is -0.103 e. The van der Waals surface area contributed by atoms with Crippen molar-refractivity contribution in [3.63, 3.8) is 0 Å².